The molecule has 5 nitrogen and oxygen atoms in total. The molecule has 27 heavy (non-hydrogen) atoms. The Balaban J connectivity index is 1.71. The van der Waals surface area contributed by atoms with Crippen molar-refractivity contribution >= 4 is 28.9 Å². The van der Waals surface area contributed by atoms with Crippen LogP contribution in [0.25, 0.3) is 0 Å². The fourth-order valence-electron chi connectivity index (χ4n) is 3.13. The molecular weight excluding hydrogens is 338 g/mol. The van der Waals surface area contributed by atoms with Gasteiger partial charge in [-0.2, -0.15) is 0 Å². The minimum absolute atomic E-state index is 0.224. The zero-order valence-electron chi connectivity index (χ0n) is 16.4. The lowest BCUT2D eigenvalue weighted by Gasteiger charge is -2.19. The van der Waals surface area contributed by atoms with Crippen LogP contribution in [0.4, 0.5) is 17.1 Å². The van der Waals surface area contributed by atoms with E-state index < -0.39 is 5.41 Å². The summed E-state index contributed by atoms with van der Waals surface area (Å²) in [6, 6.07) is 15.3. The van der Waals surface area contributed by atoms with Crippen molar-refractivity contribution in [2.75, 3.05) is 29.6 Å². The number of nitrogens with one attached hydrogen (secondary N) is 2. The van der Waals surface area contributed by atoms with Gasteiger partial charge >= 0.3 is 0 Å². The summed E-state index contributed by atoms with van der Waals surface area (Å²) < 4.78 is 0. The van der Waals surface area contributed by atoms with Crippen LogP contribution in [-0.2, 0) is 9.59 Å². The smallest absolute Gasteiger partial charge is 0.240 e. The largest absolute Gasteiger partial charge is 0.378 e. The van der Waals surface area contributed by atoms with Crippen LogP contribution < -0.4 is 15.5 Å². The molecule has 0 atom stereocenters. The quantitative estimate of drug-likeness (QED) is 0.753. The molecule has 142 valence electrons. The highest BCUT2D eigenvalue weighted by Crippen LogP contribution is 2.47. The predicted molar refractivity (Wildman–Crippen MR) is 110 cm³/mol. The molecule has 0 heterocycles. The van der Waals surface area contributed by atoms with Crippen molar-refractivity contribution in [3.05, 3.63) is 54.1 Å². The average Bonchev–Trinajstić information content (AvgIpc) is 3.44. The van der Waals surface area contributed by atoms with E-state index in [2.05, 4.69) is 24.5 Å². The first-order valence-electron chi connectivity index (χ1n) is 9.33. The molecule has 5 heteroatoms. The Labute approximate surface area is 160 Å². The highest BCUT2D eigenvalue weighted by atomic mass is 16.2. The Kier molecular flexibility index (Phi) is 5.22. The van der Waals surface area contributed by atoms with Gasteiger partial charge in [-0.1, -0.05) is 32.0 Å². The molecule has 0 bridgehead atoms. The van der Waals surface area contributed by atoms with E-state index in [9.17, 15) is 9.59 Å². The van der Waals surface area contributed by atoms with Gasteiger partial charge in [-0.05, 0) is 54.7 Å². The van der Waals surface area contributed by atoms with Crippen LogP contribution in [0.1, 0.15) is 38.2 Å². The Morgan fingerprint density at radius 2 is 1.52 bits per heavy atom. The van der Waals surface area contributed by atoms with Crippen molar-refractivity contribution in [1.29, 1.82) is 0 Å². The zero-order valence-corrected chi connectivity index (χ0v) is 16.4. The number of hydrogen-bond acceptors (Lipinski definition) is 3. The first kappa shape index (κ1) is 19.0. The zero-order chi connectivity index (χ0) is 19.6. The van der Waals surface area contributed by atoms with E-state index in [-0.39, 0.29) is 11.8 Å². The van der Waals surface area contributed by atoms with Gasteiger partial charge in [0.2, 0.25) is 11.8 Å². The topological polar surface area (TPSA) is 61.4 Å². The van der Waals surface area contributed by atoms with Crippen molar-refractivity contribution in [2.45, 2.75) is 32.6 Å². The van der Waals surface area contributed by atoms with Crippen molar-refractivity contribution in [3.8, 4) is 0 Å². The van der Waals surface area contributed by atoms with Gasteiger partial charge in [0, 0.05) is 31.2 Å². The van der Waals surface area contributed by atoms with Crippen molar-refractivity contribution in [2.24, 2.45) is 5.41 Å². The van der Waals surface area contributed by atoms with Crippen molar-refractivity contribution in [1.82, 2.24) is 0 Å². The minimum Gasteiger partial charge on any atom is -0.378 e. The summed E-state index contributed by atoms with van der Waals surface area (Å²) in [6.45, 7) is 4.17. The second-order valence-corrected chi connectivity index (χ2v) is 7.67. The molecule has 3 rings (SSSR count). The third-order valence-electron chi connectivity index (χ3n) is 5.09. The van der Waals surface area contributed by atoms with Crippen LogP contribution in [0.15, 0.2) is 48.5 Å². The molecule has 1 fully saturated rings. The molecule has 0 saturated heterocycles. The van der Waals surface area contributed by atoms with E-state index in [1.807, 2.05) is 67.5 Å². The van der Waals surface area contributed by atoms with Gasteiger partial charge in [0.05, 0.1) is 0 Å². The second-order valence-electron chi connectivity index (χ2n) is 7.67. The molecule has 2 amide bonds. The maximum atomic E-state index is 12.9. The van der Waals surface area contributed by atoms with E-state index in [1.165, 1.54) is 0 Å². The molecular formula is C22H27N3O2. The third kappa shape index (κ3) is 3.97. The second kappa shape index (κ2) is 7.43. The predicted octanol–water partition coefficient (Wildman–Crippen LogP) is 4.23. The summed E-state index contributed by atoms with van der Waals surface area (Å²) in [6.07, 6.45) is 1.15. The van der Waals surface area contributed by atoms with Crippen LogP contribution in [0.5, 0.6) is 0 Å². The lowest BCUT2D eigenvalue weighted by molar-refractivity contribution is -0.131. The lowest BCUT2D eigenvalue weighted by atomic mass is 9.99. The van der Waals surface area contributed by atoms with Crippen LogP contribution in [0.3, 0.4) is 0 Å². The molecule has 2 aromatic rings. The highest BCUT2D eigenvalue weighted by Gasteiger charge is 2.56. The Morgan fingerprint density at radius 1 is 0.926 bits per heavy atom. The van der Waals surface area contributed by atoms with Gasteiger partial charge in [-0.15, -0.1) is 0 Å². The van der Waals surface area contributed by atoms with Crippen molar-refractivity contribution in [3.63, 3.8) is 0 Å². The molecule has 2 aromatic carbocycles. The standard InChI is InChI=1S/C22H27N3O2/c1-15(2)18-7-5-6-8-19(18)24-21(27)22(13-14-22)20(26)23-16-9-11-17(12-10-16)25(3)4/h5-12,15H,13-14H2,1-4H3,(H,23,26)(H,24,27). The summed E-state index contributed by atoms with van der Waals surface area (Å²) in [4.78, 5) is 27.6. The summed E-state index contributed by atoms with van der Waals surface area (Å²) in [5, 5.41) is 5.88. The van der Waals surface area contributed by atoms with Gasteiger partial charge in [0.1, 0.15) is 5.41 Å². The maximum Gasteiger partial charge on any atom is 0.240 e. The van der Waals surface area contributed by atoms with Crippen LogP contribution in [0, 0.1) is 5.41 Å². The molecule has 0 radical (unpaired) electrons. The number of carbonyl (C=O) groups excluding carboxylic acids is 2. The highest BCUT2D eigenvalue weighted by molar-refractivity contribution is 6.17. The number of para-hydroxylation sites is 1. The Morgan fingerprint density at radius 3 is 2.07 bits per heavy atom. The fourth-order valence-corrected chi connectivity index (χ4v) is 3.13. The molecule has 2 N–H and O–H groups in total. The van der Waals surface area contributed by atoms with Gasteiger partial charge in [0.15, 0.2) is 0 Å². The monoisotopic (exact) mass is 365 g/mol. The van der Waals surface area contributed by atoms with Crippen molar-refractivity contribution < 1.29 is 9.59 Å². The first-order valence-corrected chi connectivity index (χ1v) is 9.33. The lowest BCUT2D eigenvalue weighted by Crippen LogP contribution is -2.35. The summed E-state index contributed by atoms with van der Waals surface area (Å²) in [5.74, 6) is -0.168. The molecule has 1 aliphatic rings. The number of anilines is 3. The molecule has 0 aromatic heterocycles. The fraction of sp³-hybridized carbons (Fsp3) is 0.364. The molecule has 1 saturated carbocycles. The van der Waals surface area contributed by atoms with Gasteiger partial charge < -0.3 is 15.5 Å². The van der Waals surface area contributed by atoms with E-state index in [1.54, 1.807) is 0 Å². The molecule has 0 spiro atoms. The average molecular weight is 365 g/mol. The molecule has 0 aliphatic heterocycles. The number of hydrogen-bond donors (Lipinski definition) is 2. The van der Waals surface area contributed by atoms with Crippen LogP contribution >= 0.6 is 0 Å². The minimum atomic E-state index is -0.968. The first-order chi connectivity index (χ1) is 12.8. The number of nitrogens with zero attached hydrogens (tertiary/aromatic N) is 1. The summed E-state index contributed by atoms with van der Waals surface area (Å²) >= 11 is 0. The molecule has 0 unspecified atom stereocenters. The summed E-state index contributed by atoms with van der Waals surface area (Å²) in [5.41, 5.74) is 2.64. The number of rotatable bonds is 6. The normalized spacial score (nSPS) is 14.6. The number of amides is 2. The Hall–Kier alpha value is -2.82. The maximum absolute atomic E-state index is 12.9. The van der Waals surface area contributed by atoms with Gasteiger partial charge in [0.25, 0.3) is 0 Å². The van der Waals surface area contributed by atoms with Crippen LogP contribution in [0.2, 0.25) is 0 Å². The van der Waals surface area contributed by atoms with Crippen LogP contribution in [-0.4, -0.2) is 25.9 Å². The van der Waals surface area contributed by atoms with Gasteiger partial charge in [-0.25, -0.2) is 0 Å². The third-order valence-corrected chi connectivity index (χ3v) is 5.09. The SMILES string of the molecule is CC(C)c1ccccc1NC(=O)C1(C(=O)Nc2ccc(N(C)C)cc2)CC1. The van der Waals surface area contributed by atoms with Gasteiger partial charge in [-0.3, -0.25) is 9.59 Å². The van der Waals surface area contributed by atoms with E-state index in [0.29, 0.717) is 24.4 Å². The van der Waals surface area contributed by atoms with E-state index in [0.717, 1.165) is 16.9 Å². The number of carbonyl (C=O) groups is 2. The molecule has 1 aliphatic carbocycles. The van der Waals surface area contributed by atoms with E-state index >= 15 is 0 Å². The summed E-state index contributed by atoms with van der Waals surface area (Å²) in [7, 11) is 3.93. The Bertz CT molecular complexity index is 837. The van der Waals surface area contributed by atoms with E-state index in [4.69, 9.17) is 0 Å². The number of benzene rings is 2.